The van der Waals surface area contributed by atoms with Crippen LogP contribution in [0.4, 0.5) is 0 Å². The number of hydrogen-bond acceptors (Lipinski definition) is 1. The lowest BCUT2D eigenvalue weighted by Gasteiger charge is -2.24. The molecule has 1 heterocycles. The Balaban J connectivity index is 2.11. The van der Waals surface area contributed by atoms with Crippen molar-refractivity contribution in [3.05, 3.63) is 76.5 Å². The van der Waals surface area contributed by atoms with Crippen molar-refractivity contribution in [2.75, 3.05) is 0 Å². The van der Waals surface area contributed by atoms with Gasteiger partial charge < -0.3 is 0 Å². The lowest BCUT2D eigenvalue weighted by molar-refractivity contribution is -0.660. The van der Waals surface area contributed by atoms with E-state index in [9.17, 15) is 5.26 Å². The summed E-state index contributed by atoms with van der Waals surface area (Å²) in [6.45, 7) is 8.77. The van der Waals surface area contributed by atoms with Gasteiger partial charge in [0, 0.05) is 17.5 Å². The Bertz CT molecular complexity index is 1100. The number of nitriles is 1. The highest BCUT2D eigenvalue weighted by atomic mass is 14.9. The summed E-state index contributed by atoms with van der Waals surface area (Å²) in [7, 11) is 2.10. The zero-order chi connectivity index (χ0) is 18.6. The molecule has 0 fully saturated rings. The predicted molar refractivity (Wildman–Crippen MR) is 105 cm³/mol. The largest absolute Gasteiger partial charge is 0.212 e. The molecular formula is C24H23N2+. The van der Waals surface area contributed by atoms with E-state index in [0.717, 1.165) is 11.1 Å². The predicted octanol–water partition coefficient (Wildman–Crippen LogP) is 4.97. The summed E-state index contributed by atoms with van der Waals surface area (Å²) in [6.07, 6.45) is 2.10. The minimum Gasteiger partial charge on any atom is -0.201 e. The first-order chi connectivity index (χ1) is 12.4. The Morgan fingerprint density at radius 1 is 0.962 bits per heavy atom. The SMILES string of the molecule is Cc1cc2c(cc1C#N)C(C)(C)c1c-2ccc(C)c1-c1cccc[n+]1C. The molecule has 1 aliphatic carbocycles. The highest BCUT2D eigenvalue weighted by molar-refractivity contribution is 5.89. The number of rotatable bonds is 1. The molecule has 0 N–H and O–H groups in total. The zero-order valence-corrected chi connectivity index (χ0v) is 16.0. The maximum Gasteiger partial charge on any atom is 0.212 e. The summed E-state index contributed by atoms with van der Waals surface area (Å²) in [5.74, 6) is 0. The van der Waals surface area contributed by atoms with Gasteiger partial charge in [-0.25, -0.2) is 4.57 Å². The second-order valence-corrected chi connectivity index (χ2v) is 7.83. The summed E-state index contributed by atoms with van der Waals surface area (Å²) in [6, 6.07) is 17.4. The molecule has 4 rings (SSSR count). The quantitative estimate of drug-likeness (QED) is 0.575. The Hall–Kier alpha value is -2.92. The number of benzene rings is 2. The van der Waals surface area contributed by atoms with E-state index < -0.39 is 0 Å². The van der Waals surface area contributed by atoms with Crippen molar-refractivity contribution in [2.24, 2.45) is 7.05 Å². The molecule has 0 saturated carbocycles. The van der Waals surface area contributed by atoms with Crippen molar-refractivity contribution in [1.29, 1.82) is 5.26 Å². The van der Waals surface area contributed by atoms with E-state index in [0.29, 0.717) is 0 Å². The average Bonchev–Trinajstić information content (AvgIpc) is 2.82. The lowest BCUT2D eigenvalue weighted by Crippen LogP contribution is -2.31. The molecule has 2 heteroatoms. The highest BCUT2D eigenvalue weighted by Crippen LogP contribution is 2.53. The maximum absolute atomic E-state index is 9.50. The van der Waals surface area contributed by atoms with Gasteiger partial charge in [-0.1, -0.05) is 26.0 Å². The van der Waals surface area contributed by atoms with Crippen LogP contribution in [0.2, 0.25) is 0 Å². The van der Waals surface area contributed by atoms with E-state index in [1.165, 1.54) is 39.1 Å². The Morgan fingerprint density at radius 3 is 2.42 bits per heavy atom. The molecule has 0 atom stereocenters. The van der Waals surface area contributed by atoms with Crippen LogP contribution in [-0.4, -0.2) is 0 Å². The van der Waals surface area contributed by atoms with Crippen LogP contribution in [0.5, 0.6) is 0 Å². The highest BCUT2D eigenvalue weighted by Gasteiger charge is 2.40. The number of hydrogen-bond donors (Lipinski definition) is 0. The van der Waals surface area contributed by atoms with Crippen molar-refractivity contribution < 1.29 is 4.57 Å². The molecule has 0 bridgehead atoms. The summed E-state index contributed by atoms with van der Waals surface area (Å²) in [5.41, 5.74) is 10.7. The molecule has 1 aliphatic rings. The van der Waals surface area contributed by atoms with Crippen molar-refractivity contribution >= 4 is 0 Å². The molecular weight excluding hydrogens is 316 g/mol. The number of nitrogens with zero attached hydrogens (tertiary/aromatic N) is 2. The van der Waals surface area contributed by atoms with Crippen molar-refractivity contribution in [2.45, 2.75) is 33.1 Å². The van der Waals surface area contributed by atoms with Gasteiger partial charge in [-0.2, -0.15) is 5.26 Å². The third-order valence-corrected chi connectivity index (χ3v) is 5.80. The minimum absolute atomic E-state index is 0.145. The minimum atomic E-state index is -0.145. The number of aryl methyl sites for hydroxylation is 3. The Labute approximate surface area is 155 Å². The molecule has 26 heavy (non-hydrogen) atoms. The fourth-order valence-corrected chi connectivity index (χ4v) is 4.40. The van der Waals surface area contributed by atoms with Gasteiger partial charge in [-0.05, 0) is 65.4 Å². The van der Waals surface area contributed by atoms with E-state index >= 15 is 0 Å². The van der Waals surface area contributed by atoms with Gasteiger partial charge in [0.25, 0.3) is 0 Å². The van der Waals surface area contributed by atoms with Crippen LogP contribution >= 0.6 is 0 Å². The van der Waals surface area contributed by atoms with Crippen LogP contribution in [0.25, 0.3) is 22.4 Å². The summed E-state index contributed by atoms with van der Waals surface area (Å²) >= 11 is 0. The van der Waals surface area contributed by atoms with Gasteiger partial charge in [0.2, 0.25) is 5.69 Å². The molecule has 0 spiro atoms. The van der Waals surface area contributed by atoms with Crippen molar-refractivity contribution in [1.82, 2.24) is 0 Å². The van der Waals surface area contributed by atoms with Gasteiger partial charge in [-0.15, -0.1) is 0 Å². The first-order valence-electron chi connectivity index (χ1n) is 9.01. The number of pyridine rings is 1. The smallest absolute Gasteiger partial charge is 0.201 e. The third-order valence-electron chi connectivity index (χ3n) is 5.80. The fraction of sp³-hybridized carbons (Fsp3) is 0.250. The van der Waals surface area contributed by atoms with Crippen LogP contribution in [0.1, 0.15) is 41.7 Å². The van der Waals surface area contributed by atoms with Gasteiger partial charge in [0.1, 0.15) is 7.05 Å². The number of aromatic nitrogens is 1. The third kappa shape index (κ3) is 2.14. The second-order valence-electron chi connectivity index (χ2n) is 7.83. The second kappa shape index (κ2) is 5.54. The van der Waals surface area contributed by atoms with Crippen LogP contribution in [0.15, 0.2) is 48.7 Å². The normalized spacial score (nSPS) is 13.8. The first kappa shape index (κ1) is 16.5. The molecule has 128 valence electrons. The van der Waals surface area contributed by atoms with Gasteiger partial charge in [0.05, 0.1) is 17.2 Å². The molecule has 0 amide bonds. The molecule has 0 saturated heterocycles. The van der Waals surface area contributed by atoms with E-state index in [2.05, 4.69) is 87.1 Å². The van der Waals surface area contributed by atoms with E-state index in [1.54, 1.807) is 0 Å². The molecule has 2 nitrogen and oxygen atoms in total. The molecule has 0 unspecified atom stereocenters. The van der Waals surface area contributed by atoms with E-state index in [-0.39, 0.29) is 5.41 Å². The first-order valence-corrected chi connectivity index (χ1v) is 9.01. The standard InChI is InChI=1S/C24H23N2/c1-15-9-10-18-19-12-16(2)17(14-25)13-20(19)24(3,4)23(18)22(15)21-8-6-7-11-26(21)5/h6-13H,1-5H3/q+1. The summed E-state index contributed by atoms with van der Waals surface area (Å²) in [4.78, 5) is 0. The molecule has 3 aromatic rings. The lowest BCUT2D eigenvalue weighted by atomic mass is 9.78. The van der Waals surface area contributed by atoms with Crippen LogP contribution in [0, 0.1) is 25.2 Å². The summed E-state index contributed by atoms with van der Waals surface area (Å²) in [5, 5.41) is 9.50. The summed E-state index contributed by atoms with van der Waals surface area (Å²) < 4.78 is 2.19. The van der Waals surface area contributed by atoms with E-state index in [1.807, 2.05) is 6.92 Å². The Morgan fingerprint density at radius 2 is 1.73 bits per heavy atom. The topological polar surface area (TPSA) is 27.7 Å². The molecule has 0 aliphatic heterocycles. The van der Waals surface area contributed by atoms with Crippen LogP contribution in [0.3, 0.4) is 0 Å². The molecule has 1 aromatic heterocycles. The van der Waals surface area contributed by atoms with Crippen LogP contribution < -0.4 is 4.57 Å². The van der Waals surface area contributed by atoms with Gasteiger partial charge >= 0.3 is 0 Å². The van der Waals surface area contributed by atoms with Crippen LogP contribution in [-0.2, 0) is 12.5 Å². The Kier molecular flexibility index (Phi) is 3.53. The van der Waals surface area contributed by atoms with Gasteiger partial charge in [-0.3, -0.25) is 0 Å². The van der Waals surface area contributed by atoms with E-state index in [4.69, 9.17) is 0 Å². The molecule has 0 radical (unpaired) electrons. The molecule has 2 aromatic carbocycles. The monoisotopic (exact) mass is 339 g/mol. The van der Waals surface area contributed by atoms with Gasteiger partial charge in [0.15, 0.2) is 6.20 Å². The average molecular weight is 339 g/mol. The zero-order valence-electron chi connectivity index (χ0n) is 16.0. The maximum atomic E-state index is 9.50. The van der Waals surface area contributed by atoms with Crippen molar-refractivity contribution in [3.63, 3.8) is 0 Å². The van der Waals surface area contributed by atoms with Crippen molar-refractivity contribution in [3.8, 4) is 28.5 Å². The fourth-order valence-electron chi connectivity index (χ4n) is 4.40. The number of fused-ring (bicyclic) bond motifs is 3.